The Morgan fingerprint density at radius 1 is 1.12 bits per heavy atom. The van der Waals surface area contributed by atoms with Crippen molar-refractivity contribution in [1.82, 2.24) is 5.32 Å². The molecule has 0 aromatic heterocycles. The predicted molar refractivity (Wildman–Crippen MR) is 81.1 cm³/mol. The number of ketones is 1. The highest BCUT2D eigenvalue weighted by atomic mass is 16.4. The van der Waals surface area contributed by atoms with E-state index in [4.69, 9.17) is 5.26 Å². The summed E-state index contributed by atoms with van der Waals surface area (Å²) in [4.78, 5) is 36.4. The second-order valence-corrected chi connectivity index (χ2v) is 6.52. The first kappa shape index (κ1) is 16.1. The van der Waals surface area contributed by atoms with E-state index in [0.29, 0.717) is 12.8 Å². The highest BCUT2D eigenvalue weighted by molar-refractivity contribution is 6.19. The van der Waals surface area contributed by atoms with E-state index in [1.54, 1.807) is 18.2 Å². The van der Waals surface area contributed by atoms with Gasteiger partial charge < -0.3 is 10.2 Å². The number of hydrogen-bond donors (Lipinski definition) is 3. The van der Waals surface area contributed by atoms with E-state index in [1.165, 1.54) is 12.1 Å². The number of Topliss-reactive ketones (excluding diaryl/α,β-unsaturated/α-hetero) is 1. The van der Waals surface area contributed by atoms with Gasteiger partial charge in [0.25, 0.3) is 0 Å². The number of carbonyl (C=O) groups is 3. The molecule has 0 saturated heterocycles. The lowest BCUT2D eigenvalue weighted by atomic mass is 9.85. The molecule has 124 valence electrons. The SMILES string of the molecule is N#CC1(NCC2(C(=O)O)CC2(C(=O)O)C(=O)c2ccccc2)CC1. The molecule has 1 aromatic rings. The van der Waals surface area contributed by atoms with Gasteiger partial charge in [0, 0.05) is 12.1 Å². The van der Waals surface area contributed by atoms with Gasteiger partial charge in [0.1, 0.15) is 16.4 Å². The fourth-order valence-electron chi connectivity index (χ4n) is 3.24. The molecule has 2 fully saturated rings. The fourth-order valence-corrected chi connectivity index (χ4v) is 3.24. The van der Waals surface area contributed by atoms with Crippen molar-refractivity contribution in [3.05, 3.63) is 35.9 Å². The Hall–Kier alpha value is -2.72. The monoisotopic (exact) mass is 328 g/mol. The van der Waals surface area contributed by atoms with Gasteiger partial charge in [-0.2, -0.15) is 5.26 Å². The van der Waals surface area contributed by atoms with Crippen LogP contribution in [0, 0.1) is 22.2 Å². The van der Waals surface area contributed by atoms with Crippen molar-refractivity contribution in [2.45, 2.75) is 24.8 Å². The zero-order valence-corrected chi connectivity index (χ0v) is 12.8. The van der Waals surface area contributed by atoms with Crippen LogP contribution in [-0.2, 0) is 9.59 Å². The minimum absolute atomic E-state index is 0.171. The van der Waals surface area contributed by atoms with Crippen molar-refractivity contribution in [2.24, 2.45) is 10.8 Å². The van der Waals surface area contributed by atoms with E-state index >= 15 is 0 Å². The Morgan fingerprint density at radius 3 is 2.21 bits per heavy atom. The number of rotatable bonds is 7. The maximum atomic E-state index is 12.8. The molecule has 0 amide bonds. The molecule has 2 unspecified atom stereocenters. The summed E-state index contributed by atoms with van der Waals surface area (Å²) in [6.07, 6.45) is 0.894. The Kier molecular flexibility index (Phi) is 3.46. The first-order valence-corrected chi connectivity index (χ1v) is 7.57. The van der Waals surface area contributed by atoms with Crippen molar-refractivity contribution in [2.75, 3.05) is 6.54 Å². The lowest BCUT2D eigenvalue weighted by Gasteiger charge is -2.20. The molecule has 0 radical (unpaired) electrons. The molecule has 0 aliphatic heterocycles. The van der Waals surface area contributed by atoms with E-state index in [-0.39, 0.29) is 18.5 Å². The standard InChI is InChI=1S/C17H16N2O5/c18-9-15(6-7-15)19-10-16(13(21)22)8-17(16,14(23)24)12(20)11-4-2-1-3-5-11/h1-5,19H,6-8,10H2,(H,21,22)(H,23,24). The molecular formula is C17H16N2O5. The number of nitrogens with zero attached hydrogens (tertiary/aromatic N) is 1. The Balaban J connectivity index is 1.93. The summed E-state index contributed by atoms with van der Waals surface area (Å²) in [7, 11) is 0. The zero-order valence-electron chi connectivity index (χ0n) is 12.8. The summed E-state index contributed by atoms with van der Waals surface area (Å²) in [6, 6.07) is 9.91. The lowest BCUT2D eigenvalue weighted by molar-refractivity contribution is -0.151. The molecule has 1 aromatic carbocycles. The summed E-state index contributed by atoms with van der Waals surface area (Å²) in [5.74, 6) is -3.49. The maximum absolute atomic E-state index is 12.8. The topological polar surface area (TPSA) is 127 Å². The number of nitrogens with one attached hydrogen (secondary N) is 1. The fraction of sp³-hybridized carbons (Fsp3) is 0.412. The summed E-state index contributed by atoms with van der Waals surface area (Å²) in [5, 5.41) is 31.2. The third-order valence-electron chi connectivity index (χ3n) is 5.15. The molecule has 2 saturated carbocycles. The molecular weight excluding hydrogens is 312 g/mol. The van der Waals surface area contributed by atoms with Gasteiger partial charge >= 0.3 is 11.9 Å². The molecule has 24 heavy (non-hydrogen) atoms. The first-order valence-electron chi connectivity index (χ1n) is 7.57. The van der Waals surface area contributed by atoms with Crippen LogP contribution in [0.4, 0.5) is 0 Å². The molecule has 2 aliphatic carbocycles. The number of nitriles is 1. The van der Waals surface area contributed by atoms with Crippen molar-refractivity contribution < 1.29 is 24.6 Å². The molecule has 2 atom stereocenters. The van der Waals surface area contributed by atoms with E-state index in [2.05, 4.69) is 11.4 Å². The average Bonchev–Trinajstić information content (AvgIpc) is 3.47. The van der Waals surface area contributed by atoms with Crippen LogP contribution in [-0.4, -0.2) is 40.0 Å². The van der Waals surface area contributed by atoms with Crippen LogP contribution in [0.2, 0.25) is 0 Å². The van der Waals surface area contributed by atoms with Crippen LogP contribution < -0.4 is 5.32 Å². The molecule has 0 heterocycles. The number of carboxylic acid groups (broad SMARTS) is 2. The number of carboxylic acids is 2. The van der Waals surface area contributed by atoms with Gasteiger partial charge in [0.05, 0.1) is 6.07 Å². The van der Waals surface area contributed by atoms with E-state index in [0.717, 1.165) is 0 Å². The van der Waals surface area contributed by atoms with E-state index in [1.807, 2.05) is 0 Å². The van der Waals surface area contributed by atoms with Crippen LogP contribution in [0.15, 0.2) is 30.3 Å². The second kappa shape index (κ2) is 5.14. The van der Waals surface area contributed by atoms with Gasteiger partial charge in [-0.3, -0.25) is 19.7 Å². The van der Waals surface area contributed by atoms with Crippen molar-refractivity contribution >= 4 is 17.7 Å². The van der Waals surface area contributed by atoms with Gasteiger partial charge in [0.2, 0.25) is 0 Å². The van der Waals surface area contributed by atoms with Crippen molar-refractivity contribution in [1.29, 1.82) is 5.26 Å². The normalized spacial score (nSPS) is 29.3. The molecule has 0 spiro atoms. The van der Waals surface area contributed by atoms with Gasteiger partial charge in [0.15, 0.2) is 5.78 Å². The van der Waals surface area contributed by atoms with Crippen molar-refractivity contribution in [3.63, 3.8) is 0 Å². The Morgan fingerprint density at radius 2 is 1.75 bits per heavy atom. The van der Waals surface area contributed by atoms with Gasteiger partial charge in [-0.25, -0.2) is 0 Å². The van der Waals surface area contributed by atoms with Gasteiger partial charge in [-0.15, -0.1) is 0 Å². The molecule has 7 heteroatoms. The van der Waals surface area contributed by atoms with E-state index < -0.39 is 34.1 Å². The quantitative estimate of drug-likeness (QED) is 0.504. The lowest BCUT2D eigenvalue weighted by Crippen LogP contribution is -2.44. The minimum atomic E-state index is -2.00. The molecule has 0 bridgehead atoms. The number of aliphatic carboxylic acids is 2. The number of benzene rings is 1. The Labute approximate surface area is 137 Å². The van der Waals surface area contributed by atoms with Crippen molar-refractivity contribution in [3.8, 4) is 6.07 Å². The van der Waals surface area contributed by atoms with Crippen LogP contribution in [0.3, 0.4) is 0 Å². The summed E-state index contributed by atoms with van der Waals surface area (Å²) in [5.41, 5.74) is -4.36. The highest BCUT2D eigenvalue weighted by Gasteiger charge is 2.81. The smallest absolute Gasteiger partial charge is 0.318 e. The minimum Gasteiger partial charge on any atom is -0.481 e. The summed E-state index contributed by atoms with van der Waals surface area (Å²) in [6.45, 7) is -0.221. The van der Waals surface area contributed by atoms with Crippen LogP contribution in [0.1, 0.15) is 29.6 Å². The maximum Gasteiger partial charge on any atom is 0.318 e. The third-order valence-corrected chi connectivity index (χ3v) is 5.15. The van der Waals surface area contributed by atoms with Crippen LogP contribution in [0.5, 0.6) is 0 Å². The van der Waals surface area contributed by atoms with Crippen LogP contribution in [0.25, 0.3) is 0 Å². The zero-order chi connectivity index (χ0) is 17.6. The average molecular weight is 328 g/mol. The molecule has 3 N–H and O–H groups in total. The van der Waals surface area contributed by atoms with E-state index in [9.17, 15) is 24.6 Å². The summed E-state index contributed by atoms with van der Waals surface area (Å²) >= 11 is 0. The molecule has 2 aliphatic rings. The second-order valence-electron chi connectivity index (χ2n) is 6.52. The van der Waals surface area contributed by atoms with Crippen LogP contribution >= 0.6 is 0 Å². The largest absolute Gasteiger partial charge is 0.481 e. The first-order chi connectivity index (χ1) is 11.3. The Bertz CT molecular complexity index is 765. The number of hydrogen-bond acceptors (Lipinski definition) is 5. The number of carbonyl (C=O) groups excluding carboxylic acids is 1. The highest BCUT2D eigenvalue weighted by Crippen LogP contribution is 2.65. The van der Waals surface area contributed by atoms with Gasteiger partial charge in [-0.1, -0.05) is 30.3 Å². The molecule has 3 rings (SSSR count). The van der Waals surface area contributed by atoms with Gasteiger partial charge in [-0.05, 0) is 19.3 Å². The molecule has 7 nitrogen and oxygen atoms in total. The third kappa shape index (κ3) is 2.11. The predicted octanol–water partition coefficient (Wildman–Crippen LogP) is 1.06. The summed E-state index contributed by atoms with van der Waals surface area (Å²) < 4.78 is 0.